The number of carbonyl (C=O) groups is 1. The van der Waals surface area contributed by atoms with Gasteiger partial charge in [0.15, 0.2) is 6.29 Å². The molecule has 1 aliphatic carbocycles. The zero-order valence-electron chi connectivity index (χ0n) is 13.4. The van der Waals surface area contributed by atoms with E-state index in [0.29, 0.717) is 26.1 Å². The molecule has 2 fully saturated rings. The van der Waals surface area contributed by atoms with Crippen LogP contribution in [0.25, 0.3) is 0 Å². The highest BCUT2D eigenvalue weighted by molar-refractivity contribution is 5.73. The number of hydrogen-bond donors (Lipinski definition) is 1. The van der Waals surface area contributed by atoms with Gasteiger partial charge in [0.05, 0.1) is 32.3 Å². The third kappa shape index (κ3) is 4.24. The Hall–Kier alpha value is -1.05. The van der Waals surface area contributed by atoms with Gasteiger partial charge in [-0.15, -0.1) is 0 Å². The second kappa shape index (κ2) is 7.99. The summed E-state index contributed by atoms with van der Waals surface area (Å²) in [5.41, 5.74) is 6.73. The highest BCUT2D eigenvalue weighted by Gasteiger charge is 2.48. The van der Waals surface area contributed by atoms with Crippen molar-refractivity contribution in [3.63, 3.8) is 0 Å². The number of hydrogen-bond acceptors (Lipinski definition) is 7. The van der Waals surface area contributed by atoms with Gasteiger partial charge in [0.25, 0.3) is 0 Å². The maximum absolute atomic E-state index is 11.7. The van der Waals surface area contributed by atoms with Crippen LogP contribution in [-0.4, -0.2) is 50.8 Å². The fourth-order valence-electron chi connectivity index (χ4n) is 3.15. The summed E-state index contributed by atoms with van der Waals surface area (Å²) in [6.45, 7) is 3.45. The third-order valence-electron chi connectivity index (χ3n) is 4.49. The van der Waals surface area contributed by atoms with E-state index in [2.05, 4.69) is 5.11 Å². The first-order chi connectivity index (χ1) is 10.6. The number of nitrogens with zero attached hydrogens (tertiary/aromatic N) is 1. The Balaban J connectivity index is 1.75. The van der Waals surface area contributed by atoms with Crippen LogP contribution in [0.4, 0.5) is 0 Å². The Bertz CT molecular complexity index is 386. The maximum Gasteiger partial charge on any atom is 0.308 e. The van der Waals surface area contributed by atoms with Gasteiger partial charge in [-0.2, -0.15) is 5.11 Å². The maximum atomic E-state index is 11.7. The number of esters is 1. The minimum absolute atomic E-state index is 0.129. The van der Waals surface area contributed by atoms with Crippen molar-refractivity contribution < 1.29 is 23.7 Å². The van der Waals surface area contributed by atoms with Crippen molar-refractivity contribution >= 4 is 5.97 Å². The van der Waals surface area contributed by atoms with Gasteiger partial charge in [0.2, 0.25) is 0 Å². The zero-order valence-corrected chi connectivity index (χ0v) is 13.4. The van der Waals surface area contributed by atoms with Gasteiger partial charge in [-0.05, 0) is 39.0 Å². The molecule has 1 heterocycles. The van der Waals surface area contributed by atoms with Gasteiger partial charge < -0.3 is 18.9 Å². The molecular weight excluding hydrogens is 288 g/mol. The fraction of sp³-hybridized carbons (Fsp3) is 0.933. The summed E-state index contributed by atoms with van der Waals surface area (Å²) < 4.78 is 21.7. The van der Waals surface area contributed by atoms with Gasteiger partial charge in [0, 0.05) is 6.61 Å². The van der Waals surface area contributed by atoms with Crippen molar-refractivity contribution in [1.29, 1.82) is 5.53 Å². The molecule has 0 bridgehead atoms. The fourth-order valence-corrected chi connectivity index (χ4v) is 3.15. The molecule has 2 rings (SSSR count). The van der Waals surface area contributed by atoms with Gasteiger partial charge >= 0.3 is 5.97 Å². The average Bonchev–Trinajstić information content (AvgIpc) is 2.89. The molecule has 0 spiro atoms. The first kappa shape index (κ1) is 17.3. The number of rotatable bonds is 7. The van der Waals surface area contributed by atoms with E-state index in [1.807, 2.05) is 6.92 Å². The highest BCUT2D eigenvalue weighted by atomic mass is 16.7. The predicted molar refractivity (Wildman–Crippen MR) is 77.6 cm³/mol. The van der Waals surface area contributed by atoms with E-state index in [-0.39, 0.29) is 24.3 Å². The molecule has 7 nitrogen and oxygen atoms in total. The lowest BCUT2D eigenvalue weighted by molar-refractivity contribution is -0.172. The smallest absolute Gasteiger partial charge is 0.308 e. The van der Waals surface area contributed by atoms with E-state index in [1.54, 1.807) is 0 Å². The largest absolute Gasteiger partial charge is 0.469 e. The lowest BCUT2D eigenvalue weighted by Gasteiger charge is -2.26. The molecule has 126 valence electrons. The summed E-state index contributed by atoms with van der Waals surface area (Å²) in [7, 11) is 1.38. The molecule has 0 aromatic heterocycles. The molecule has 1 saturated heterocycles. The van der Waals surface area contributed by atoms with Crippen molar-refractivity contribution in [3.05, 3.63) is 0 Å². The molecule has 0 amide bonds. The zero-order chi connectivity index (χ0) is 16.0. The lowest BCUT2D eigenvalue weighted by atomic mass is 9.98. The second-order valence-electron chi connectivity index (χ2n) is 6.16. The summed E-state index contributed by atoms with van der Waals surface area (Å²) in [6, 6.07) is 0. The number of nitrogens with one attached hydrogen (secondary N) is 1. The predicted octanol–water partition coefficient (Wildman–Crippen LogP) is 2.29. The molecular formula is C15H26N2O5. The van der Waals surface area contributed by atoms with Crippen molar-refractivity contribution in [2.24, 2.45) is 11.0 Å². The van der Waals surface area contributed by atoms with Crippen LogP contribution in [0.3, 0.4) is 0 Å². The van der Waals surface area contributed by atoms with E-state index in [0.717, 1.165) is 25.9 Å². The Morgan fingerprint density at radius 2 is 2.14 bits per heavy atom. The highest BCUT2D eigenvalue weighted by Crippen LogP contribution is 2.40. The van der Waals surface area contributed by atoms with Crippen molar-refractivity contribution in [2.45, 2.75) is 57.0 Å². The quantitative estimate of drug-likeness (QED) is 0.442. The molecule has 4 atom stereocenters. The number of ether oxygens (including phenoxy) is 4. The Labute approximate surface area is 131 Å². The van der Waals surface area contributed by atoms with Crippen LogP contribution in [0, 0.1) is 11.4 Å². The van der Waals surface area contributed by atoms with Gasteiger partial charge in [-0.3, -0.25) is 4.79 Å². The van der Waals surface area contributed by atoms with Crippen molar-refractivity contribution in [3.8, 4) is 0 Å². The van der Waals surface area contributed by atoms with Crippen LogP contribution in [0.1, 0.15) is 39.0 Å². The number of carbonyl (C=O) groups excluding carboxylic acids is 1. The minimum Gasteiger partial charge on any atom is -0.469 e. The van der Waals surface area contributed by atoms with E-state index < -0.39 is 5.54 Å². The standard InChI is InChI=1S/C15H26N2O5/c1-15(17-16)10-11(14(18)19-2)9-12(15)20-7-8-22-13-5-3-4-6-21-13/h11-13,16H,3-10H2,1-2H3/t11?,12-,13?,15+/m0/s1. The summed E-state index contributed by atoms with van der Waals surface area (Å²) in [6.07, 6.45) is 3.78. The van der Waals surface area contributed by atoms with Crippen LogP contribution in [0.15, 0.2) is 5.11 Å². The first-order valence-corrected chi connectivity index (χ1v) is 7.90. The topological polar surface area (TPSA) is 90.2 Å². The van der Waals surface area contributed by atoms with Crippen LogP contribution in [0.5, 0.6) is 0 Å². The summed E-state index contributed by atoms with van der Waals surface area (Å²) >= 11 is 0. The molecule has 0 radical (unpaired) electrons. The summed E-state index contributed by atoms with van der Waals surface area (Å²) in [5.74, 6) is -0.510. The van der Waals surface area contributed by atoms with E-state index in [1.165, 1.54) is 7.11 Å². The summed E-state index contributed by atoms with van der Waals surface area (Å²) in [4.78, 5) is 11.7. The molecule has 0 aromatic carbocycles. The minimum atomic E-state index is -0.666. The molecule has 1 saturated carbocycles. The average molecular weight is 314 g/mol. The van der Waals surface area contributed by atoms with E-state index in [9.17, 15) is 4.79 Å². The van der Waals surface area contributed by atoms with Crippen LogP contribution >= 0.6 is 0 Å². The Morgan fingerprint density at radius 3 is 2.77 bits per heavy atom. The van der Waals surface area contributed by atoms with E-state index in [4.69, 9.17) is 24.5 Å². The van der Waals surface area contributed by atoms with Gasteiger partial charge in [-0.1, -0.05) is 0 Å². The van der Waals surface area contributed by atoms with Crippen LogP contribution in [-0.2, 0) is 23.7 Å². The van der Waals surface area contributed by atoms with Crippen molar-refractivity contribution in [2.75, 3.05) is 26.9 Å². The SMILES string of the molecule is COC(=O)C1C[C@H](OCCOC2CCCCO2)[C@](C)(N=N)C1. The molecule has 1 N–H and O–H groups in total. The second-order valence-corrected chi connectivity index (χ2v) is 6.16. The molecule has 22 heavy (non-hydrogen) atoms. The molecule has 7 heteroatoms. The third-order valence-corrected chi connectivity index (χ3v) is 4.49. The molecule has 1 aliphatic heterocycles. The molecule has 0 aromatic rings. The van der Waals surface area contributed by atoms with Crippen molar-refractivity contribution in [1.82, 2.24) is 0 Å². The van der Waals surface area contributed by atoms with E-state index >= 15 is 0 Å². The van der Waals surface area contributed by atoms with Gasteiger partial charge in [-0.25, -0.2) is 5.53 Å². The molecule has 2 aliphatic rings. The van der Waals surface area contributed by atoms with Crippen LogP contribution in [0.2, 0.25) is 0 Å². The Kier molecular flexibility index (Phi) is 6.28. The molecule has 2 unspecified atom stereocenters. The number of methoxy groups -OCH3 is 1. The lowest BCUT2D eigenvalue weighted by Crippen LogP contribution is -2.35. The summed E-state index contributed by atoms with van der Waals surface area (Å²) in [5, 5.41) is 3.69. The van der Waals surface area contributed by atoms with Crippen LogP contribution < -0.4 is 0 Å². The van der Waals surface area contributed by atoms with Gasteiger partial charge in [0.1, 0.15) is 5.54 Å². The first-order valence-electron chi connectivity index (χ1n) is 7.90. The monoisotopic (exact) mass is 314 g/mol. The Morgan fingerprint density at radius 1 is 1.36 bits per heavy atom. The normalized spacial score (nSPS) is 35.3.